The molecular formula is C23H15Cl2N3O2S. The molecule has 2 aliphatic rings. The molecule has 2 unspecified atom stereocenters. The van der Waals surface area contributed by atoms with E-state index >= 15 is 0 Å². The van der Waals surface area contributed by atoms with Crippen LogP contribution in [0, 0.1) is 0 Å². The zero-order valence-electron chi connectivity index (χ0n) is 15.9. The van der Waals surface area contributed by atoms with E-state index in [1.807, 2.05) is 30.3 Å². The number of hydrazone groups is 1. The highest BCUT2D eigenvalue weighted by molar-refractivity contribution is 8.27. The number of ketones is 1. The highest BCUT2D eigenvalue weighted by atomic mass is 35.5. The number of aromatic hydroxyl groups is 1. The van der Waals surface area contributed by atoms with E-state index in [1.54, 1.807) is 47.5 Å². The third-order valence-electron chi connectivity index (χ3n) is 5.11. The molecule has 0 aromatic heterocycles. The van der Waals surface area contributed by atoms with Crippen LogP contribution in [0.4, 0.5) is 0 Å². The number of rotatable bonds is 3. The van der Waals surface area contributed by atoms with E-state index < -0.39 is 12.1 Å². The Hall–Kier alpha value is -2.80. The minimum atomic E-state index is -0.833. The molecule has 5 nitrogen and oxygen atoms in total. The normalized spacial score (nSPS) is 20.3. The molecule has 0 saturated carbocycles. The number of fused-ring (bicyclic) bond motifs is 1. The molecule has 0 spiro atoms. The van der Waals surface area contributed by atoms with E-state index in [9.17, 15) is 9.90 Å². The predicted octanol–water partition coefficient (Wildman–Crippen LogP) is 5.83. The van der Waals surface area contributed by atoms with Gasteiger partial charge in [-0.15, -0.1) is 0 Å². The van der Waals surface area contributed by atoms with Gasteiger partial charge in [0.15, 0.2) is 11.0 Å². The van der Waals surface area contributed by atoms with Gasteiger partial charge in [0.2, 0.25) is 0 Å². The van der Waals surface area contributed by atoms with Gasteiger partial charge in [0.1, 0.15) is 22.9 Å². The molecule has 2 atom stereocenters. The van der Waals surface area contributed by atoms with Gasteiger partial charge in [-0.3, -0.25) is 4.79 Å². The van der Waals surface area contributed by atoms with Crippen LogP contribution in [0.3, 0.4) is 0 Å². The molecule has 0 amide bonds. The molecule has 0 aliphatic carbocycles. The van der Waals surface area contributed by atoms with Gasteiger partial charge in [-0.1, -0.05) is 71.7 Å². The molecule has 0 bridgehead atoms. The summed E-state index contributed by atoms with van der Waals surface area (Å²) >= 11 is 13.8. The minimum Gasteiger partial charge on any atom is -0.508 e. The molecule has 3 aromatic rings. The topological polar surface area (TPSA) is 65.3 Å². The van der Waals surface area contributed by atoms with E-state index in [4.69, 9.17) is 28.3 Å². The van der Waals surface area contributed by atoms with Gasteiger partial charge in [0.05, 0.1) is 5.02 Å². The average Bonchev–Trinajstić information content (AvgIpc) is 3.17. The zero-order chi connectivity index (χ0) is 21.5. The third kappa shape index (κ3) is 3.61. The molecule has 0 radical (unpaired) electrons. The second-order valence-electron chi connectivity index (χ2n) is 7.06. The van der Waals surface area contributed by atoms with Crippen LogP contribution in [-0.2, 0) is 4.79 Å². The number of amidine groups is 1. The molecule has 5 rings (SSSR count). The third-order valence-corrected chi connectivity index (χ3v) is 6.63. The van der Waals surface area contributed by atoms with E-state index in [1.165, 1.54) is 11.8 Å². The monoisotopic (exact) mass is 467 g/mol. The lowest BCUT2D eigenvalue weighted by Crippen LogP contribution is -2.38. The summed E-state index contributed by atoms with van der Waals surface area (Å²) < 4.78 is 0. The maximum Gasteiger partial charge on any atom is 0.191 e. The van der Waals surface area contributed by atoms with Crippen molar-refractivity contribution < 1.29 is 9.90 Å². The maximum absolute atomic E-state index is 13.6. The van der Waals surface area contributed by atoms with Crippen LogP contribution in [0.15, 0.2) is 82.9 Å². The van der Waals surface area contributed by atoms with Crippen molar-refractivity contribution in [3.63, 3.8) is 0 Å². The molecule has 0 saturated heterocycles. The van der Waals surface area contributed by atoms with Crippen molar-refractivity contribution in [3.8, 4) is 5.75 Å². The van der Waals surface area contributed by atoms with Crippen molar-refractivity contribution in [1.29, 1.82) is 0 Å². The molecule has 2 heterocycles. The van der Waals surface area contributed by atoms with Crippen LogP contribution < -0.4 is 0 Å². The van der Waals surface area contributed by atoms with Crippen molar-refractivity contribution >= 4 is 51.0 Å². The Balaban J connectivity index is 1.63. The van der Waals surface area contributed by atoms with Crippen LogP contribution in [0.1, 0.15) is 28.8 Å². The summed E-state index contributed by atoms with van der Waals surface area (Å²) in [6.45, 7) is 0. The number of hydrogen-bond donors (Lipinski definition) is 1. The number of benzene rings is 3. The molecule has 3 aromatic carbocycles. The smallest absolute Gasteiger partial charge is 0.191 e. The second kappa shape index (κ2) is 8.04. The summed E-state index contributed by atoms with van der Waals surface area (Å²) in [6, 6.07) is 19.9. The lowest BCUT2D eigenvalue weighted by Gasteiger charge is -2.32. The molecule has 1 N–H and O–H groups in total. The van der Waals surface area contributed by atoms with Crippen LogP contribution in [0.2, 0.25) is 10.0 Å². The molecule has 31 heavy (non-hydrogen) atoms. The van der Waals surface area contributed by atoms with Gasteiger partial charge >= 0.3 is 0 Å². The number of phenols is 1. The molecule has 2 aliphatic heterocycles. The van der Waals surface area contributed by atoms with Crippen molar-refractivity contribution in [2.75, 3.05) is 0 Å². The summed E-state index contributed by atoms with van der Waals surface area (Å²) in [5, 5.41) is 18.9. The van der Waals surface area contributed by atoms with Crippen LogP contribution in [0.25, 0.3) is 0 Å². The average molecular weight is 468 g/mol. The number of carbonyl (C=O) groups excluding carboxylic acids is 1. The number of aliphatic imine (C=N–C) groups is 1. The number of nitrogens with zero attached hydrogens (tertiary/aromatic N) is 3. The van der Waals surface area contributed by atoms with Gasteiger partial charge in [-0.25, -0.2) is 10.0 Å². The van der Waals surface area contributed by atoms with Crippen molar-refractivity contribution in [2.24, 2.45) is 10.1 Å². The first-order valence-corrected chi connectivity index (χ1v) is 11.1. The van der Waals surface area contributed by atoms with Crippen LogP contribution >= 0.6 is 35.0 Å². The van der Waals surface area contributed by atoms with E-state index in [-0.39, 0.29) is 11.5 Å². The zero-order valence-corrected chi connectivity index (χ0v) is 18.3. The minimum absolute atomic E-state index is 0.0374. The SMILES string of the molecule is O=C1C(c2ccccc2O)N=C2SC(c3ccc(Cl)cc3Cl)=NN2C1c1ccccc1. The number of Topliss-reactive ketones (excluding diaryl/α,β-unsaturated/α-hetero) is 1. The largest absolute Gasteiger partial charge is 0.508 e. The van der Waals surface area contributed by atoms with Crippen LogP contribution in [-0.4, -0.2) is 26.1 Å². The number of thioether (sulfide) groups is 1. The fraction of sp³-hybridized carbons (Fsp3) is 0.0870. The number of phenolic OH excluding ortho intramolecular Hbond substituents is 1. The lowest BCUT2D eigenvalue weighted by molar-refractivity contribution is -0.125. The molecular weight excluding hydrogens is 453 g/mol. The van der Waals surface area contributed by atoms with Crippen molar-refractivity contribution in [3.05, 3.63) is 99.5 Å². The summed E-state index contributed by atoms with van der Waals surface area (Å²) in [6.07, 6.45) is 0. The van der Waals surface area contributed by atoms with Gasteiger partial charge in [0, 0.05) is 16.1 Å². The van der Waals surface area contributed by atoms with Crippen molar-refractivity contribution in [2.45, 2.75) is 12.1 Å². The summed E-state index contributed by atoms with van der Waals surface area (Å²) in [4.78, 5) is 18.3. The Morgan fingerprint density at radius 1 is 0.968 bits per heavy atom. The highest BCUT2D eigenvalue weighted by Crippen LogP contribution is 2.43. The maximum atomic E-state index is 13.6. The Bertz CT molecular complexity index is 1250. The van der Waals surface area contributed by atoms with Crippen LogP contribution in [0.5, 0.6) is 5.75 Å². The second-order valence-corrected chi connectivity index (χ2v) is 8.86. The predicted molar refractivity (Wildman–Crippen MR) is 125 cm³/mol. The lowest BCUT2D eigenvalue weighted by atomic mass is 9.92. The highest BCUT2D eigenvalue weighted by Gasteiger charge is 2.44. The van der Waals surface area contributed by atoms with Gasteiger partial charge in [-0.2, -0.15) is 5.10 Å². The number of para-hydroxylation sites is 1. The first-order chi connectivity index (χ1) is 15.0. The summed E-state index contributed by atoms with van der Waals surface area (Å²) in [5.41, 5.74) is 1.99. The van der Waals surface area contributed by atoms with E-state index in [0.29, 0.717) is 31.4 Å². The van der Waals surface area contributed by atoms with Gasteiger partial charge in [-0.05, 0) is 41.6 Å². The fourth-order valence-electron chi connectivity index (χ4n) is 3.65. The van der Waals surface area contributed by atoms with Gasteiger partial charge in [0.25, 0.3) is 0 Å². The van der Waals surface area contributed by atoms with E-state index in [2.05, 4.69) is 4.99 Å². The Morgan fingerprint density at radius 2 is 1.71 bits per heavy atom. The summed E-state index contributed by atoms with van der Waals surface area (Å²) in [5.74, 6) is -0.125. The quantitative estimate of drug-likeness (QED) is 0.525. The Kier molecular flexibility index (Phi) is 5.22. The van der Waals surface area contributed by atoms with Crippen molar-refractivity contribution in [1.82, 2.24) is 5.01 Å². The standard InChI is InChI=1S/C23H15Cl2N3O2S/c24-14-10-11-15(17(25)12-14)22-27-28-20(13-6-2-1-3-7-13)21(30)19(26-23(28)31-22)16-8-4-5-9-18(16)29/h1-12,19-20,29H. The first-order valence-electron chi connectivity index (χ1n) is 9.48. The van der Waals surface area contributed by atoms with Gasteiger partial charge < -0.3 is 5.11 Å². The molecule has 154 valence electrons. The number of hydrogen-bond acceptors (Lipinski definition) is 6. The Labute approximate surface area is 193 Å². The molecule has 8 heteroatoms. The Morgan fingerprint density at radius 3 is 2.45 bits per heavy atom. The fourth-order valence-corrected chi connectivity index (χ4v) is 5.19. The molecule has 0 fully saturated rings. The first kappa shape index (κ1) is 20.1. The number of halogens is 2. The number of carbonyl (C=O) groups is 1. The summed E-state index contributed by atoms with van der Waals surface area (Å²) in [7, 11) is 0. The van der Waals surface area contributed by atoms with E-state index in [0.717, 1.165) is 5.56 Å².